The lowest BCUT2D eigenvalue weighted by atomic mass is 9.84. The first-order valence-corrected chi connectivity index (χ1v) is 7.29. The minimum atomic E-state index is -0.474. The second-order valence-corrected chi connectivity index (χ2v) is 5.58. The first kappa shape index (κ1) is 14.7. The van der Waals surface area contributed by atoms with Crippen molar-refractivity contribution in [3.63, 3.8) is 0 Å². The van der Waals surface area contributed by atoms with Gasteiger partial charge in [0.15, 0.2) is 5.78 Å². The topological polar surface area (TPSA) is 26.3 Å². The molecule has 0 saturated carbocycles. The largest absolute Gasteiger partial charge is 0.368 e. The fraction of sp³-hybridized carbons (Fsp3) is 0.933. The van der Waals surface area contributed by atoms with Gasteiger partial charge in [-0.05, 0) is 32.1 Å². The van der Waals surface area contributed by atoms with Crippen molar-refractivity contribution < 1.29 is 9.53 Å². The van der Waals surface area contributed by atoms with Gasteiger partial charge in [-0.2, -0.15) is 0 Å². The summed E-state index contributed by atoms with van der Waals surface area (Å²) in [7, 11) is 0. The van der Waals surface area contributed by atoms with Crippen LogP contribution < -0.4 is 0 Å². The van der Waals surface area contributed by atoms with Gasteiger partial charge in [0.1, 0.15) is 5.60 Å². The average molecular weight is 240 g/mol. The van der Waals surface area contributed by atoms with Crippen LogP contribution in [0.4, 0.5) is 0 Å². The molecular formula is C15H28O2. The molecule has 1 fully saturated rings. The second kappa shape index (κ2) is 7.15. The number of carbonyl (C=O) groups is 1. The van der Waals surface area contributed by atoms with Crippen molar-refractivity contribution in [2.75, 3.05) is 6.61 Å². The van der Waals surface area contributed by atoms with Crippen LogP contribution in [-0.2, 0) is 9.53 Å². The fourth-order valence-electron chi connectivity index (χ4n) is 2.58. The normalized spacial score (nSPS) is 26.8. The molecule has 2 heteroatoms. The number of Topliss-reactive ketones (excluding diaryl/α,β-unsaturated/α-hetero) is 1. The summed E-state index contributed by atoms with van der Waals surface area (Å²) >= 11 is 0. The van der Waals surface area contributed by atoms with Gasteiger partial charge >= 0.3 is 0 Å². The molecule has 100 valence electrons. The number of hydrogen-bond acceptors (Lipinski definition) is 2. The van der Waals surface area contributed by atoms with E-state index in [9.17, 15) is 4.79 Å². The van der Waals surface area contributed by atoms with Crippen molar-refractivity contribution >= 4 is 5.78 Å². The van der Waals surface area contributed by atoms with Gasteiger partial charge in [-0.25, -0.2) is 0 Å². The molecule has 1 aliphatic rings. The van der Waals surface area contributed by atoms with Crippen LogP contribution in [-0.4, -0.2) is 18.0 Å². The van der Waals surface area contributed by atoms with E-state index >= 15 is 0 Å². The fourth-order valence-corrected chi connectivity index (χ4v) is 2.58. The van der Waals surface area contributed by atoms with Crippen molar-refractivity contribution in [3.05, 3.63) is 0 Å². The zero-order valence-electron chi connectivity index (χ0n) is 11.8. The molecule has 0 radical (unpaired) electrons. The molecule has 2 nitrogen and oxygen atoms in total. The average Bonchev–Trinajstić information content (AvgIpc) is 2.35. The molecule has 17 heavy (non-hydrogen) atoms. The molecule has 1 rings (SSSR count). The number of ketones is 1. The van der Waals surface area contributed by atoms with Crippen molar-refractivity contribution in [2.24, 2.45) is 5.92 Å². The number of hydrogen-bond donors (Lipinski definition) is 0. The number of carbonyl (C=O) groups excluding carboxylic acids is 1. The zero-order valence-corrected chi connectivity index (χ0v) is 11.8. The third kappa shape index (κ3) is 4.42. The summed E-state index contributed by atoms with van der Waals surface area (Å²) in [6, 6.07) is 0. The highest BCUT2D eigenvalue weighted by atomic mass is 16.5. The molecule has 0 spiro atoms. The van der Waals surface area contributed by atoms with Crippen LogP contribution in [0.1, 0.15) is 72.1 Å². The van der Waals surface area contributed by atoms with Crippen LogP contribution in [0.5, 0.6) is 0 Å². The van der Waals surface area contributed by atoms with Crippen LogP contribution in [0.15, 0.2) is 0 Å². The summed E-state index contributed by atoms with van der Waals surface area (Å²) in [4.78, 5) is 12.3. The van der Waals surface area contributed by atoms with E-state index in [-0.39, 0.29) is 0 Å². The first-order valence-electron chi connectivity index (χ1n) is 7.29. The molecule has 1 saturated heterocycles. The van der Waals surface area contributed by atoms with Crippen LogP contribution >= 0.6 is 0 Å². The minimum Gasteiger partial charge on any atom is -0.368 e. The molecule has 0 aromatic heterocycles. The highest BCUT2D eigenvalue weighted by molar-refractivity contribution is 5.87. The summed E-state index contributed by atoms with van der Waals surface area (Å²) in [6.07, 6.45) is 8.63. The number of rotatable bonds is 7. The second-order valence-electron chi connectivity index (χ2n) is 5.58. The highest BCUT2D eigenvalue weighted by Gasteiger charge is 2.36. The zero-order chi connectivity index (χ0) is 12.7. The van der Waals surface area contributed by atoms with Crippen molar-refractivity contribution in [1.29, 1.82) is 0 Å². The summed E-state index contributed by atoms with van der Waals surface area (Å²) in [5.74, 6) is 0.893. The Morgan fingerprint density at radius 2 is 2.12 bits per heavy atom. The Bertz CT molecular complexity index is 229. The van der Waals surface area contributed by atoms with Crippen molar-refractivity contribution in [1.82, 2.24) is 0 Å². The maximum Gasteiger partial charge on any atom is 0.164 e. The molecule has 1 aliphatic heterocycles. The molecule has 0 bridgehead atoms. The highest BCUT2D eigenvalue weighted by Crippen LogP contribution is 2.29. The van der Waals surface area contributed by atoms with Crippen LogP contribution in [0, 0.1) is 5.92 Å². The lowest BCUT2D eigenvalue weighted by molar-refractivity contribution is -0.149. The van der Waals surface area contributed by atoms with E-state index in [0.717, 1.165) is 32.3 Å². The molecule has 0 aliphatic carbocycles. The molecule has 1 heterocycles. The van der Waals surface area contributed by atoms with Gasteiger partial charge in [-0.1, -0.05) is 39.5 Å². The summed E-state index contributed by atoms with van der Waals surface area (Å²) < 4.78 is 5.73. The Kier molecular flexibility index (Phi) is 6.18. The molecule has 0 aromatic carbocycles. The predicted octanol–water partition coefficient (Wildman–Crippen LogP) is 4.12. The van der Waals surface area contributed by atoms with Gasteiger partial charge in [0.25, 0.3) is 0 Å². The Morgan fingerprint density at radius 1 is 1.35 bits per heavy atom. The maximum atomic E-state index is 12.3. The molecule has 0 amide bonds. The minimum absolute atomic E-state index is 0.333. The molecule has 2 unspecified atom stereocenters. The number of unbranched alkanes of at least 4 members (excludes halogenated alkanes) is 1. The van der Waals surface area contributed by atoms with Crippen LogP contribution in [0.3, 0.4) is 0 Å². The third-order valence-electron chi connectivity index (χ3n) is 4.08. The van der Waals surface area contributed by atoms with Crippen LogP contribution in [0.25, 0.3) is 0 Å². The van der Waals surface area contributed by atoms with E-state index in [2.05, 4.69) is 13.8 Å². The molecule has 0 aromatic rings. The quantitative estimate of drug-likeness (QED) is 0.669. The van der Waals surface area contributed by atoms with Gasteiger partial charge in [0.05, 0.1) is 0 Å². The van der Waals surface area contributed by atoms with Gasteiger partial charge in [-0.15, -0.1) is 0 Å². The van der Waals surface area contributed by atoms with Crippen LogP contribution in [0.2, 0.25) is 0 Å². The van der Waals surface area contributed by atoms with Gasteiger partial charge in [0.2, 0.25) is 0 Å². The number of ether oxygens (including phenoxy) is 1. The Labute approximate surface area is 106 Å². The molecule has 2 atom stereocenters. The van der Waals surface area contributed by atoms with Gasteiger partial charge in [0, 0.05) is 13.0 Å². The smallest absolute Gasteiger partial charge is 0.164 e. The van der Waals surface area contributed by atoms with E-state index < -0.39 is 5.60 Å². The van der Waals surface area contributed by atoms with Gasteiger partial charge in [-0.3, -0.25) is 4.79 Å². The maximum absolute atomic E-state index is 12.3. The van der Waals surface area contributed by atoms with E-state index in [1.807, 2.05) is 6.92 Å². The van der Waals surface area contributed by atoms with Crippen molar-refractivity contribution in [3.8, 4) is 0 Å². The third-order valence-corrected chi connectivity index (χ3v) is 4.08. The summed E-state index contributed by atoms with van der Waals surface area (Å²) in [5, 5.41) is 0. The van der Waals surface area contributed by atoms with E-state index in [0.29, 0.717) is 18.1 Å². The Balaban J connectivity index is 2.45. The first-order chi connectivity index (χ1) is 8.12. The van der Waals surface area contributed by atoms with Gasteiger partial charge < -0.3 is 4.74 Å². The lowest BCUT2D eigenvalue weighted by Crippen LogP contribution is -2.42. The lowest BCUT2D eigenvalue weighted by Gasteiger charge is -2.33. The standard InChI is InChI=1S/C15H28O2/c1-4-6-9-13(5-2)12-14(16)15(3)10-7-8-11-17-15/h13H,4-12H2,1-3H3. The van der Waals surface area contributed by atoms with Crippen molar-refractivity contribution in [2.45, 2.75) is 77.7 Å². The SMILES string of the molecule is CCCCC(CC)CC(=O)C1(C)CCCCO1. The Hall–Kier alpha value is -0.370. The summed E-state index contributed by atoms with van der Waals surface area (Å²) in [6.45, 7) is 7.15. The van der Waals surface area contributed by atoms with E-state index in [4.69, 9.17) is 4.74 Å². The van der Waals surface area contributed by atoms with E-state index in [1.165, 1.54) is 19.3 Å². The molecular weight excluding hydrogens is 212 g/mol. The summed E-state index contributed by atoms with van der Waals surface area (Å²) in [5.41, 5.74) is -0.474. The molecule has 0 N–H and O–H groups in total. The monoisotopic (exact) mass is 240 g/mol. The Morgan fingerprint density at radius 3 is 2.65 bits per heavy atom. The predicted molar refractivity (Wildman–Crippen MR) is 71.1 cm³/mol. The van der Waals surface area contributed by atoms with E-state index in [1.54, 1.807) is 0 Å².